The standard InChI is InChI=1S/C21H24F2N4O3/c1-24-21(25-12-14-8-9-17(29-2)18(10-14)30-20(22)23)26-15-11-19(28)27(13-15)16-6-4-3-5-7-16/h3-10,15,20H,11-13H2,1-2H3,(H2,24,25,26). The van der Waals surface area contributed by atoms with Crippen LogP contribution in [0.3, 0.4) is 0 Å². The highest BCUT2D eigenvalue weighted by Gasteiger charge is 2.31. The number of methoxy groups -OCH3 is 1. The summed E-state index contributed by atoms with van der Waals surface area (Å²) in [5.41, 5.74) is 1.57. The van der Waals surface area contributed by atoms with Gasteiger partial charge >= 0.3 is 6.61 Å². The quantitative estimate of drug-likeness (QED) is 0.534. The Bertz CT molecular complexity index is 893. The van der Waals surface area contributed by atoms with Crippen LogP contribution in [-0.4, -0.2) is 45.2 Å². The van der Waals surface area contributed by atoms with Crippen LogP contribution in [0.4, 0.5) is 14.5 Å². The first-order valence-corrected chi connectivity index (χ1v) is 9.44. The minimum Gasteiger partial charge on any atom is -0.493 e. The summed E-state index contributed by atoms with van der Waals surface area (Å²) in [5.74, 6) is 0.745. The van der Waals surface area contributed by atoms with Crippen LogP contribution < -0.4 is 25.0 Å². The second kappa shape index (κ2) is 9.91. The van der Waals surface area contributed by atoms with E-state index < -0.39 is 6.61 Å². The van der Waals surface area contributed by atoms with E-state index in [0.717, 1.165) is 5.69 Å². The highest BCUT2D eigenvalue weighted by atomic mass is 19.3. The summed E-state index contributed by atoms with van der Waals surface area (Å²) in [5, 5.41) is 6.36. The fourth-order valence-corrected chi connectivity index (χ4v) is 3.25. The van der Waals surface area contributed by atoms with Crippen molar-refractivity contribution in [2.45, 2.75) is 25.6 Å². The largest absolute Gasteiger partial charge is 0.493 e. The zero-order valence-electron chi connectivity index (χ0n) is 16.8. The molecule has 0 saturated carbocycles. The third kappa shape index (κ3) is 5.37. The molecule has 0 bridgehead atoms. The number of halogens is 2. The Morgan fingerprint density at radius 2 is 2.00 bits per heavy atom. The van der Waals surface area contributed by atoms with Crippen molar-refractivity contribution in [1.29, 1.82) is 0 Å². The highest BCUT2D eigenvalue weighted by Crippen LogP contribution is 2.29. The molecule has 7 nitrogen and oxygen atoms in total. The molecule has 160 valence electrons. The number of para-hydroxylation sites is 1. The minimum absolute atomic E-state index is 0.0327. The summed E-state index contributed by atoms with van der Waals surface area (Å²) in [6, 6.07) is 14.2. The van der Waals surface area contributed by atoms with Crippen molar-refractivity contribution < 1.29 is 23.0 Å². The Labute approximate surface area is 173 Å². The van der Waals surface area contributed by atoms with Crippen molar-refractivity contribution >= 4 is 17.6 Å². The Morgan fingerprint density at radius 1 is 1.23 bits per heavy atom. The lowest BCUT2D eigenvalue weighted by atomic mass is 10.2. The third-order valence-electron chi connectivity index (χ3n) is 4.66. The second-order valence-corrected chi connectivity index (χ2v) is 6.67. The monoisotopic (exact) mass is 418 g/mol. The van der Waals surface area contributed by atoms with E-state index in [1.165, 1.54) is 13.2 Å². The molecular weight excluding hydrogens is 394 g/mol. The van der Waals surface area contributed by atoms with Gasteiger partial charge in [-0.1, -0.05) is 24.3 Å². The normalized spacial score (nSPS) is 16.7. The van der Waals surface area contributed by atoms with Crippen LogP contribution in [0.1, 0.15) is 12.0 Å². The average Bonchev–Trinajstić information content (AvgIpc) is 3.11. The van der Waals surface area contributed by atoms with E-state index >= 15 is 0 Å². The van der Waals surface area contributed by atoms with Crippen LogP contribution >= 0.6 is 0 Å². The van der Waals surface area contributed by atoms with Gasteiger partial charge in [0.15, 0.2) is 17.5 Å². The van der Waals surface area contributed by atoms with Crippen LogP contribution in [0, 0.1) is 0 Å². The first-order chi connectivity index (χ1) is 14.5. The van der Waals surface area contributed by atoms with E-state index in [4.69, 9.17) is 4.74 Å². The number of alkyl halides is 2. The number of carbonyl (C=O) groups excluding carboxylic acids is 1. The first kappa shape index (κ1) is 21.4. The maximum Gasteiger partial charge on any atom is 0.387 e. The minimum atomic E-state index is -2.94. The Hall–Kier alpha value is -3.36. The number of hydrogen-bond acceptors (Lipinski definition) is 4. The molecule has 3 rings (SSSR count). The maximum atomic E-state index is 12.6. The van der Waals surface area contributed by atoms with Gasteiger partial charge in [-0.15, -0.1) is 0 Å². The number of guanidine groups is 1. The van der Waals surface area contributed by atoms with E-state index in [0.29, 0.717) is 31.0 Å². The average molecular weight is 418 g/mol. The number of carbonyl (C=O) groups is 1. The molecule has 0 aliphatic carbocycles. The fraction of sp³-hybridized carbons (Fsp3) is 0.333. The van der Waals surface area contributed by atoms with Gasteiger partial charge in [-0.2, -0.15) is 8.78 Å². The molecule has 1 heterocycles. The van der Waals surface area contributed by atoms with Gasteiger partial charge in [-0.05, 0) is 29.8 Å². The van der Waals surface area contributed by atoms with E-state index in [-0.39, 0.29) is 23.4 Å². The van der Waals surface area contributed by atoms with Gasteiger partial charge in [0.1, 0.15) is 0 Å². The van der Waals surface area contributed by atoms with Gasteiger partial charge in [0.05, 0.1) is 13.2 Å². The molecule has 0 radical (unpaired) electrons. The molecule has 9 heteroatoms. The first-order valence-electron chi connectivity index (χ1n) is 9.44. The number of nitrogens with zero attached hydrogens (tertiary/aromatic N) is 2. The van der Waals surface area contributed by atoms with Gasteiger partial charge in [0.2, 0.25) is 5.91 Å². The molecule has 1 amide bonds. The van der Waals surface area contributed by atoms with Crippen LogP contribution in [0.5, 0.6) is 11.5 Å². The number of ether oxygens (including phenoxy) is 2. The number of benzene rings is 2. The Morgan fingerprint density at radius 3 is 2.67 bits per heavy atom. The zero-order chi connectivity index (χ0) is 21.5. The van der Waals surface area contributed by atoms with Crippen molar-refractivity contribution in [3.63, 3.8) is 0 Å². The lowest BCUT2D eigenvalue weighted by Crippen LogP contribution is -2.44. The predicted molar refractivity (Wildman–Crippen MR) is 110 cm³/mol. The van der Waals surface area contributed by atoms with Crippen LogP contribution in [0.25, 0.3) is 0 Å². The molecule has 1 saturated heterocycles. The lowest BCUT2D eigenvalue weighted by molar-refractivity contribution is -0.117. The van der Waals surface area contributed by atoms with E-state index in [1.54, 1.807) is 24.1 Å². The number of amides is 1. The molecular formula is C21H24F2N4O3. The van der Waals surface area contributed by atoms with Crippen molar-refractivity contribution in [2.75, 3.05) is 25.6 Å². The van der Waals surface area contributed by atoms with E-state index in [1.807, 2.05) is 30.3 Å². The summed E-state index contributed by atoms with van der Waals surface area (Å²) in [6.45, 7) is -2.09. The molecule has 2 N–H and O–H groups in total. The van der Waals surface area contributed by atoms with Crippen molar-refractivity contribution in [3.8, 4) is 11.5 Å². The molecule has 30 heavy (non-hydrogen) atoms. The molecule has 0 aromatic heterocycles. The molecule has 1 unspecified atom stereocenters. The molecule has 1 atom stereocenters. The van der Waals surface area contributed by atoms with Crippen molar-refractivity contribution in [1.82, 2.24) is 10.6 Å². The second-order valence-electron chi connectivity index (χ2n) is 6.67. The summed E-state index contributed by atoms with van der Waals surface area (Å²) >= 11 is 0. The molecule has 1 aliphatic heterocycles. The van der Waals surface area contributed by atoms with Crippen LogP contribution in [-0.2, 0) is 11.3 Å². The molecule has 1 fully saturated rings. The number of anilines is 1. The Balaban J connectivity index is 1.58. The van der Waals surface area contributed by atoms with E-state index in [2.05, 4.69) is 20.4 Å². The summed E-state index contributed by atoms with van der Waals surface area (Å²) in [4.78, 5) is 18.3. The SMILES string of the molecule is CN=C(NCc1ccc(OC)c(OC(F)F)c1)NC1CC(=O)N(c2ccccc2)C1. The van der Waals surface area contributed by atoms with Crippen molar-refractivity contribution in [2.24, 2.45) is 4.99 Å². The summed E-state index contributed by atoms with van der Waals surface area (Å²) < 4.78 is 34.7. The van der Waals surface area contributed by atoms with Gasteiger partial charge in [-0.25, -0.2) is 0 Å². The number of hydrogen-bond donors (Lipinski definition) is 2. The molecule has 2 aromatic rings. The number of aliphatic imine (C=N–C) groups is 1. The lowest BCUT2D eigenvalue weighted by Gasteiger charge is -2.19. The topological polar surface area (TPSA) is 75.2 Å². The molecule has 1 aliphatic rings. The summed E-state index contributed by atoms with van der Waals surface area (Å²) in [7, 11) is 3.01. The van der Waals surface area contributed by atoms with Crippen molar-refractivity contribution in [3.05, 3.63) is 54.1 Å². The van der Waals surface area contributed by atoms with Crippen LogP contribution in [0.15, 0.2) is 53.5 Å². The smallest absolute Gasteiger partial charge is 0.387 e. The summed E-state index contributed by atoms with van der Waals surface area (Å²) in [6.07, 6.45) is 0.352. The van der Waals surface area contributed by atoms with Gasteiger partial charge in [0.25, 0.3) is 0 Å². The van der Waals surface area contributed by atoms with Gasteiger partial charge in [-0.3, -0.25) is 9.79 Å². The third-order valence-corrected chi connectivity index (χ3v) is 4.66. The van der Waals surface area contributed by atoms with Crippen LogP contribution in [0.2, 0.25) is 0 Å². The number of nitrogens with one attached hydrogen (secondary N) is 2. The zero-order valence-corrected chi connectivity index (χ0v) is 16.8. The molecule has 0 spiro atoms. The Kier molecular flexibility index (Phi) is 7.05. The van der Waals surface area contributed by atoms with Gasteiger partial charge in [0, 0.05) is 32.2 Å². The highest BCUT2D eigenvalue weighted by molar-refractivity contribution is 5.97. The van der Waals surface area contributed by atoms with Gasteiger partial charge < -0.3 is 25.0 Å². The van der Waals surface area contributed by atoms with E-state index in [9.17, 15) is 13.6 Å². The number of rotatable bonds is 7. The molecule has 2 aromatic carbocycles. The predicted octanol–water partition coefficient (Wildman–Crippen LogP) is 2.77. The maximum absolute atomic E-state index is 12.6. The fourth-order valence-electron chi connectivity index (χ4n) is 3.25.